The lowest BCUT2D eigenvalue weighted by Gasteiger charge is -2.19. The summed E-state index contributed by atoms with van der Waals surface area (Å²) in [5.41, 5.74) is 1.53. The molecule has 1 heterocycles. The van der Waals surface area contributed by atoms with Crippen LogP contribution in [-0.4, -0.2) is 13.1 Å². The number of methoxy groups -OCH3 is 1. The average Bonchev–Trinajstić information content (AvgIpc) is 2.81. The highest BCUT2D eigenvalue weighted by molar-refractivity contribution is 5.91. The second-order valence-corrected chi connectivity index (χ2v) is 8.58. The van der Waals surface area contributed by atoms with Crippen LogP contribution in [0.2, 0.25) is 0 Å². The van der Waals surface area contributed by atoms with Crippen LogP contribution >= 0.6 is 0 Å². The van der Waals surface area contributed by atoms with Gasteiger partial charge in [-0.15, -0.1) is 0 Å². The molecule has 0 aliphatic rings. The molecule has 3 aromatic carbocycles. The van der Waals surface area contributed by atoms with Gasteiger partial charge in [-0.05, 0) is 59.5 Å². The van der Waals surface area contributed by atoms with Crippen molar-refractivity contribution in [1.82, 2.24) is 0 Å². The lowest BCUT2D eigenvalue weighted by atomic mass is 9.87. The van der Waals surface area contributed by atoms with Gasteiger partial charge in [0.2, 0.25) is 11.2 Å². The van der Waals surface area contributed by atoms with Gasteiger partial charge in [-0.2, -0.15) is 0 Å². The van der Waals surface area contributed by atoms with E-state index < -0.39 is 5.97 Å². The van der Waals surface area contributed by atoms with Crippen molar-refractivity contribution in [2.24, 2.45) is 0 Å². The Kier molecular flexibility index (Phi) is 5.92. The molecule has 6 nitrogen and oxygen atoms in total. The van der Waals surface area contributed by atoms with Crippen LogP contribution in [-0.2, 0) is 5.41 Å². The van der Waals surface area contributed by atoms with Gasteiger partial charge in [0, 0.05) is 6.07 Å². The first-order chi connectivity index (χ1) is 15.7. The average molecular weight is 444 g/mol. The fraction of sp³-hybridized carbons (Fsp3) is 0.185. The molecule has 6 heteroatoms. The van der Waals surface area contributed by atoms with Gasteiger partial charge in [0.25, 0.3) is 0 Å². The molecule has 0 fully saturated rings. The Morgan fingerprint density at radius 1 is 0.848 bits per heavy atom. The normalized spacial score (nSPS) is 11.3. The number of esters is 1. The van der Waals surface area contributed by atoms with Crippen molar-refractivity contribution >= 4 is 16.9 Å². The molecule has 1 aromatic heterocycles. The minimum absolute atomic E-state index is 0.0229. The van der Waals surface area contributed by atoms with Crippen molar-refractivity contribution in [3.63, 3.8) is 0 Å². The summed E-state index contributed by atoms with van der Waals surface area (Å²) in [5.74, 6) is 0.992. The van der Waals surface area contributed by atoms with Crippen molar-refractivity contribution in [1.29, 1.82) is 0 Å². The number of hydrogen-bond donors (Lipinski definition) is 0. The molecule has 0 aliphatic heterocycles. The first kappa shape index (κ1) is 22.1. The third kappa shape index (κ3) is 4.90. The summed E-state index contributed by atoms with van der Waals surface area (Å²) in [6, 6.07) is 18.8. The Labute approximate surface area is 191 Å². The van der Waals surface area contributed by atoms with E-state index in [0.29, 0.717) is 22.4 Å². The zero-order valence-electron chi connectivity index (χ0n) is 18.9. The molecule has 0 saturated heterocycles. The van der Waals surface area contributed by atoms with Crippen molar-refractivity contribution < 1.29 is 23.4 Å². The molecule has 0 saturated carbocycles. The predicted molar refractivity (Wildman–Crippen MR) is 126 cm³/mol. The Bertz CT molecular complexity index is 1340. The number of carbonyl (C=O) groups is 1. The van der Waals surface area contributed by atoms with Crippen LogP contribution in [0.3, 0.4) is 0 Å². The molecule has 0 atom stereocenters. The van der Waals surface area contributed by atoms with Crippen molar-refractivity contribution in [3.8, 4) is 23.0 Å². The van der Waals surface area contributed by atoms with Gasteiger partial charge in [-0.1, -0.05) is 32.9 Å². The number of carbonyl (C=O) groups excluding carboxylic acids is 1. The molecule has 0 unspecified atom stereocenters. The van der Waals surface area contributed by atoms with Gasteiger partial charge in [0.15, 0.2) is 0 Å². The molecule has 0 amide bonds. The Balaban J connectivity index is 1.53. The van der Waals surface area contributed by atoms with Gasteiger partial charge in [-0.3, -0.25) is 4.79 Å². The lowest BCUT2D eigenvalue weighted by Crippen LogP contribution is -2.10. The molecule has 168 valence electrons. The fourth-order valence-electron chi connectivity index (χ4n) is 3.27. The maximum absolute atomic E-state index is 12.9. The molecule has 0 bridgehead atoms. The first-order valence-electron chi connectivity index (χ1n) is 10.4. The summed E-state index contributed by atoms with van der Waals surface area (Å²) >= 11 is 0. The number of rotatable bonds is 5. The summed E-state index contributed by atoms with van der Waals surface area (Å²) in [7, 11) is 1.55. The van der Waals surface area contributed by atoms with E-state index in [1.165, 1.54) is 12.3 Å². The molecular weight excluding hydrogens is 420 g/mol. The van der Waals surface area contributed by atoms with E-state index in [1.54, 1.807) is 43.5 Å². The zero-order valence-corrected chi connectivity index (χ0v) is 18.9. The van der Waals surface area contributed by atoms with Crippen LogP contribution in [0.4, 0.5) is 0 Å². The third-order valence-corrected chi connectivity index (χ3v) is 5.20. The zero-order chi connectivity index (χ0) is 23.6. The monoisotopic (exact) mass is 444 g/mol. The summed E-state index contributed by atoms with van der Waals surface area (Å²) < 4.78 is 21.9. The summed E-state index contributed by atoms with van der Waals surface area (Å²) in [6.45, 7) is 6.39. The Morgan fingerprint density at radius 3 is 2.12 bits per heavy atom. The van der Waals surface area contributed by atoms with E-state index >= 15 is 0 Å². The maximum Gasteiger partial charge on any atom is 0.343 e. The second kappa shape index (κ2) is 8.82. The van der Waals surface area contributed by atoms with E-state index in [1.807, 2.05) is 24.3 Å². The van der Waals surface area contributed by atoms with Crippen LogP contribution in [0.25, 0.3) is 11.0 Å². The highest BCUT2D eigenvalue weighted by Crippen LogP contribution is 2.27. The van der Waals surface area contributed by atoms with Crippen LogP contribution in [0, 0.1) is 0 Å². The van der Waals surface area contributed by atoms with Gasteiger partial charge < -0.3 is 18.6 Å². The topological polar surface area (TPSA) is 75.0 Å². The van der Waals surface area contributed by atoms with Gasteiger partial charge >= 0.3 is 5.97 Å². The summed E-state index contributed by atoms with van der Waals surface area (Å²) in [5, 5.41) is 0.322. The van der Waals surface area contributed by atoms with Crippen LogP contribution in [0.1, 0.15) is 36.7 Å². The Hall–Kier alpha value is -4.06. The SMILES string of the molecule is COc1ccc(C(=O)Oc2ccc3c(=O)c(Oc4ccc(C(C)(C)C)cc4)coc3c2)cc1. The van der Waals surface area contributed by atoms with Crippen molar-refractivity contribution in [2.75, 3.05) is 7.11 Å². The molecule has 33 heavy (non-hydrogen) atoms. The second-order valence-electron chi connectivity index (χ2n) is 8.58. The largest absolute Gasteiger partial charge is 0.497 e. The smallest absolute Gasteiger partial charge is 0.343 e. The standard InChI is InChI=1S/C27H24O6/c1-27(2,3)18-7-11-20(12-8-18)32-24-16-31-23-15-21(13-14-22(23)25(24)28)33-26(29)17-5-9-19(30-4)10-6-17/h5-16H,1-4H3. The summed E-state index contributed by atoms with van der Waals surface area (Å²) in [4.78, 5) is 25.3. The molecule has 4 rings (SSSR count). The van der Waals surface area contributed by atoms with Gasteiger partial charge in [0.05, 0.1) is 18.1 Å². The number of fused-ring (bicyclic) bond motifs is 1. The highest BCUT2D eigenvalue weighted by Gasteiger charge is 2.15. The molecule has 0 spiro atoms. The van der Waals surface area contributed by atoms with Gasteiger partial charge in [-0.25, -0.2) is 4.79 Å². The van der Waals surface area contributed by atoms with Crippen LogP contribution < -0.4 is 19.6 Å². The van der Waals surface area contributed by atoms with E-state index in [0.717, 1.165) is 5.56 Å². The highest BCUT2D eigenvalue weighted by atomic mass is 16.5. The van der Waals surface area contributed by atoms with E-state index in [2.05, 4.69) is 20.8 Å². The predicted octanol–water partition coefficient (Wildman–Crippen LogP) is 6.11. The molecule has 0 aliphatic carbocycles. The van der Waals surface area contributed by atoms with E-state index in [9.17, 15) is 9.59 Å². The minimum Gasteiger partial charge on any atom is -0.497 e. The third-order valence-electron chi connectivity index (χ3n) is 5.20. The molecule has 0 N–H and O–H groups in total. The summed E-state index contributed by atoms with van der Waals surface area (Å²) in [6.07, 6.45) is 1.26. The quantitative estimate of drug-likeness (QED) is 0.273. The van der Waals surface area contributed by atoms with E-state index in [4.69, 9.17) is 18.6 Å². The van der Waals surface area contributed by atoms with Crippen molar-refractivity contribution in [3.05, 3.63) is 94.3 Å². The first-order valence-corrected chi connectivity index (χ1v) is 10.4. The van der Waals surface area contributed by atoms with Gasteiger partial charge in [0.1, 0.15) is 29.1 Å². The van der Waals surface area contributed by atoms with Crippen molar-refractivity contribution in [2.45, 2.75) is 26.2 Å². The maximum atomic E-state index is 12.9. The molecule has 4 aromatic rings. The number of benzene rings is 3. The van der Waals surface area contributed by atoms with Crippen LogP contribution in [0.15, 0.2) is 82.2 Å². The molecular formula is C27H24O6. The lowest BCUT2D eigenvalue weighted by molar-refractivity contribution is 0.0735. The Morgan fingerprint density at radius 2 is 1.48 bits per heavy atom. The number of ether oxygens (including phenoxy) is 3. The van der Waals surface area contributed by atoms with E-state index in [-0.39, 0.29) is 27.9 Å². The molecule has 0 radical (unpaired) electrons. The van der Waals surface area contributed by atoms with Crippen LogP contribution in [0.5, 0.6) is 23.0 Å². The number of hydrogen-bond acceptors (Lipinski definition) is 6. The fourth-order valence-corrected chi connectivity index (χ4v) is 3.27. The minimum atomic E-state index is -0.530.